The fourth-order valence-electron chi connectivity index (χ4n) is 2.11. The molecule has 1 aliphatic rings. The molecule has 1 aromatic carbocycles. The first-order valence-electron chi connectivity index (χ1n) is 6.98. The largest absolute Gasteiger partial charge is 0.478 e. The Kier molecular flexibility index (Phi) is 6.45. The Morgan fingerprint density at radius 2 is 2.10 bits per heavy atom. The van der Waals surface area contributed by atoms with E-state index in [-0.39, 0.29) is 17.3 Å². The van der Waals surface area contributed by atoms with Crippen molar-refractivity contribution in [3.05, 3.63) is 29.8 Å². The standard InChI is InChI=1S/C15H18O4S2/c16-14(8-4-1-5-11-9-10-20-21-11)19-13-7-3-2-6-12(13)15(17)18/h2-3,6-7,11H,1,4-5,8-10H2,(H,17,18)/t11-/m1/s1. The van der Waals surface area contributed by atoms with Crippen molar-refractivity contribution >= 4 is 33.5 Å². The number of benzene rings is 1. The second-order valence-corrected chi connectivity index (χ2v) is 7.64. The zero-order valence-electron chi connectivity index (χ0n) is 11.6. The number of esters is 1. The number of hydrogen-bond acceptors (Lipinski definition) is 5. The van der Waals surface area contributed by atoms with Gasteiger partial charge in [0.05, 0.1) is 0 Å². The van der Waals surface area contributed by atoms with Gasteiger partial charge < -0.3 is 9.84 Å². The molecule has 0 amide bonds. The molecule has 0 bridgehead atoms. The van der Waals surface area contributed by atoms with Crippen LogP contribution in [0.4, 0.5) is 0 Å². The molecule has 6 heteroatoms. The third kappa shape index (κ3) is 5.28. The summed E-state index contributed by atoms with van der Waals surface area (Å²) in [6, 6.07) is 6.20. The van der Waals surface area contributed by atoms with Gasteiger partial charge in [0.2, 0.25) is 0 Å². The van der Waals surface area contributed by atoms with Gasteiger partial charge in [-0.25, -0.2) is 4.79 Å². The van der Waals surface area contributed by atoms with Gasteiger partial charge >= 0.3 is 11.9 Å². The predicted octanol–water partition coefficient (Wildman–Crippen LogP) is 4.00. The van der Waals surface area contributed by atoms with Crippen molar-refractivity contribution in [2.45, 2.75) is 37.4 Å². The minimum atomic E-state index is -1.09. The fraction of sp³-hybridized carbons (Fsp3) is 0.467. The smallest absolute Gasteiger partial charge is 0.339 e. The van der Waals surface area contributed by atoms with Crippen LogP contribution in [0.5, 0.6) is 5.75 Å². The second-order valence-electron chi connectivity index (χ2n) is 4.85. The van der Waals surface area contributed by atoms with E-state index in [9.17, 15) is 9.59 Å². The van der Waals surface area contributed by atoms with Crippen LogP contribution in [0.25, 0.3) is 0 Å². The molecule has 1 fully saturated rings. The van der Waals surface area contributed by atoms with E-state index < -0.39 is 5.97 Å². The molecular formula is C15H18O4S2. The summed E-state index contributed by atoms with van der Waals surface area (Å²) >= 11 is 0. The van der Waals surface area contributed by atoms with Gasteiger partial charge in [-0.2, -0.15) is 0 Å². The maximum absolute atomic E-state index is 11.8. The van der Waals surface area contributed by atoms with Gasteiger partial charge in [-0.3, -0.25) is 4.79 Å². The number of carboxylic acid groups (broad SMARTS) is 1. The molecular weight excluding hydrogens is 308 g/mol. The summed E-state index contributed by atoms with van der Waals surface area (Å²) < 4.78 is 5.15. The van der Waals surface area contributed by atoms with Crippen molar-refractivity contribution in [2.24, 2.45) is 0 Å². The maximum atomic E-state index is 11.8. The molecule has 0 saturated carbocycles. The van der Waals surface area contributed by atoms with Crippen molar-refractivity contribution in [3.63, 3.8) is 0 Å². The molecule has 4 nitrogen and oxygen atoms in total. The first kappa shape index (κ1) is 16.2. The quantitative estimate of drug-likeness (QED) is 0.353. The van der Waals surface area contributed by atoms with Crippen LogP contribution >= 0.6 is 21.6 Å². The maximum Gasteiger partial charge on any atom is 0.339 e. The van der Waals surface area contributed by atoms with E-state index in [4.69, 9.17) is 9.84 Å². The van der Waals surface area contributed by atoms with Crippen LogP contribution in [-0.4, -0.2) is 28.0 Å². The van der Waals surface area contributed by atoms with Crippen LogP contribution in [0.1, 0.15) is 42.5 Å². The van der Waals surface area contributed by atoms with Crippen molar-refractivity contribution in [1.29, 1.82) is 0 Å². The highest BCUT2D eigenvalue weighted by Gasteiger charge is 2.17. The lowest BCUT2D eigenvalue weighted by molar-refractivity contribution is -0.134. The third-order valence-corrected chi connectivity index (χ3v) is 6.23. The van der Waals surface area contributed by atoms with Crippen LogP contribution < -0.4 is 4.74 Å². The molecule has 1 aromatic rings. The first-order chi connectivity index (χ1) is 10.2. The number of para-hydroxylation sites is 1. The molecule has 114 valence electrons. The third-order valence-electron chi connectivity index (χ3n) is 3.23. The van der Waals surface area contributed by atoms with Crippen molar-refractivity contribution in [1.82, 2.24) is 0 Å². The second kappa shape index (κ2) is 8.34. The van der Waals surface area contributed by atoms with Crippen LogP contribution in [0.15, 0.2) is 24.3 Å². The summed E-state index contributed by atoms with van der Waals surface area (Å²) in [7, 11) is 3.87. The molecule has 0 aliphatic carbocycles. The van der Waals surface area contributed by atoms with Gasteiger partial charge in [-0.05, 0) is 31.4 Å². The van der Waals surface area contributed by atoms with E-state index >= 15 is 0 Å². The summed E-state index contributed by atoms with van der Waals surface area (Å²) in [5, 5.41) is 9.74. The Balaban J connectivity index is 1.73. The SMILES string of the molecule is O=C(CCCC[C@@H]1CCSS1)Oc1ccccc1C(=O)O. The minimum absolute atomic E-state index is 0.0187. The molecule has 1 heterocycles. The number of aromatic carboxylic acids is 1. The topological polar surface area (TPSA) is 63.6 Å². The molecule has 21 heavy (non-hydrogen) atoms. The highest BCUT2D eigenvalue weighted by molar-refractivity contribution is 8.77. The van der Waals surface area contributed by atoms with Crippen LogP contribution in [0.2, 0.25) is 0 Å². The van der Waals surface area contributed by atoms with E-state index in [1.165, 1.54) is 24.3 Å². The van der Waals surface area contributed by atoms with Crippen molar-refractivity contribution in [3.8, 4) is 5.75 Å². The highest BCUT2D eigenvalue weighted by atomic mass is 33.1. The Bertz CT molecular complexity index is 498. The summed E-state index contributed by atoms with van der Waals surface area (Å²) in [5.74, 6) is -0.104. The Hall–Kier alpha value is -1.14. The molecule has 0 aromatic heterocycles. The summed E-state index contributed by atoms with van der Waals surface area (Å²) in [4.78, 5) is 22.8. The summed E-state index contributed by atoms with van der Waals surface area (Å²) in [5.41, 5.74) is 0.0187. The Morgan fingerprint density at radius 3 is 2.81 bits per heavy atom. The van der Waals surface area contributed by atoms with Gasteiger partial charge in [0.25, 0.3) is 0 Å². The average Bonchev–Trinajstić information content (AvgIpc) is 2.97. The van der Waals surface area contributed by atoms with Crippen LogP contribution in [-0.2, 0) is 4.79 Å². The monoisotopic (exact) mass is 326 g/mol. The molecule has 2 rings (SSSR count). The molecule has 1 aliphatic heterocycles. The minimum Gasteiger partial charge on any atom is -0.478 e. The molecule has 0 unspecified atom stereocenters. The Morgan fingerprint density at radius 1 is 1.29 bits per heavy atom. The zero-order valence-corrected chi connectivity index (χ0v) is 13.3. The highest BCUT2D eigenvalue weighted by Crippen LogP contribution is 2.39. The number of hydrogen-bond donors (Lipinski definition) is 1. The predicted molar refractivity (Wildman–Crippen MR) is 86.0 cm³/mol. The van der Waals surface area contributed by atoms with Crippen LogP contribution in [0, 0.1) is 0 Å². The number of carboxylic acids is 1. The van der Waals surface area contributed by atoms with E-state index in [0.29, 0.717) is 6.42 Å². The van der Waals surface area contributed by atoms with E-state index in [0.717, 1.165) is 24.5 Å². The lowest BCUT2D eigenvalue weighted by Crippen LogP contribution is -2.11. The first-order valence-corrected chi connectivity index (χ1v) is 9.36. The zero-order chi connectivity index (χ0) is 15.1. The van der Waals surface area contributed by atoms with Gasteiger partial charge in [0.15, 0.2) is 0 Å². The Labute approximate surface area is 132 Å². The molecule has 1 N–H and O–H groups in total. The van der Waals surface area contributed by atoms with E-state index in [2.05, 4.69) is 0 Å². The van der Waals surface area contributed by atoms with Gasteiger partial charge in [0.1, 0.15) is 11.3 Å². The lowest BCUT2D eigenvalue weighted by atomic mass is 10.1. The molecule has 1 saturated heterocycles. The summed E-state index contributed by atoms with van der Waals surface area (Å²) in [6.45, 7) is 0. The number of carbonyl (C=O) groups excluding carboxylic acids is 1. The lowest BCUT2D eigenvalue weighted by Gasteiger charge is -2.08. The number of rotatable bonds is 7. The summed E-state index contributed by atoms with van der Waals surface area (Å²) in [6.07, 6.45) is 4.52. The molecule has 0 spiro atoms. The van der Waals surface area contributed by atoms with Gasteiger partial charge in [0, 0.05) is 17.4 Å². The number of ether oxygens (including phenoxy) is 1. The van der Waals surface area contributed by atoms with E-state index in [1.54, 1.807) is 12.1 Å². The van der Waals surface area contributed by atoms with Gasteiger partial charge in [-0.15, -0.1) is 0 Å². The average molecular weight is 326 g/mol. The molecule has 0 radical (unpaired) electrons. The number of unbranched alkanes of at least 4 members (excludes halogenated alkanes) is 1. The van der Waals surface area contributed by atoms with E-state index in [1.807, 2.05) is 21.6 Å². The fourth-order valence-corrected chi connectivity index (χ4v) is 5.14. The van der Waals surface area contributed by atoms with Crippen molar-refractivity contribution < 1.29 is 19.4 Å². The van der Waals surface area contributed by atoms with Crippen LogP contribution in [0.3, 0.4) is 0 Å². The van der Waals surface area contributed by atoms with Gasteiger partial charge in [-0.1, -0.05) is 40.1 Å². The normalized spacial score (nSPS) is 17.6. The molecule has 1 atom stereocenters. The van der Waals surface area contributed by atoms with Crippen molar-refractivity contribution in [2.75, 3.05) is 5.75 Å². The number of carbonyl (C=O) groups is 2.